The van der Waals surface area contributed by atoms with Crippen LogP contribution in [0, 0.1) is 13.8 Å². The zero-order valence-corrected chi connectivity index (χ0v) is 14.4. The number of aryl methyl sites for hydroxylation is 2. The molecule has 0 radical (unpaired) electrons. The lowest BCUT2D eigenvalue weighted by molar-refractivity contribution is -0.117. The Hall–Kier alpha value is -2.93. The van der Waals surface area contributed by atoms with E-state index in [0.29, 0.717) is 24.1 Å². The van der Waals surface area contributed by atoms with Gasteiger partial charge >= 0.3 is 0 Å². The maximum absolute atomic E-state index is 12.2. The Morgan fingerprint density at radius 2 is 2.08 bits per heavy atom. The highest BCUT2D eigenvalue weighted by Gasteiger charge is 2.14. The summed E-state index contributed by atoms with van der Waals surface area (Å²) in [5.41, 5.74) is 2.96. The molecular weight excluding hydrogens is 320 g/mol. The number of amides is 1. The molecule has 25 heavy (non-hydrogen) atoms. The first-order valence-electron chi connectivity index (χ1n) is 7.93. The molecule has 0 aliphatic rings. The highest BCUT2D eigenvalue weighted by molar-refractivity contribution is 5.93. The van der Waals surface area contributed by atoms with Gasteiger partial charge in [0.25, 0.3) is 5.89 Å². The first-order chi connectivity index (χ1) is 12.0. The maximum atomic E-state index is 12.2. The van der Waals surface area contributed by atoms with E-state index in [0.717, 1.165) is 16.8 Å². The van der Waals surface area contributed by atoms with Crippen LogP contribution in [-0.4, -0.2) is 34.6 Å². The van der Waals surface area contributed by atoms with Gasteiger partial charge in [0.1, 0.15) is 0 Å². The Morgan fingerprint density at radius 1 is 1.24 bits per heavy atom. The van der Waals surface area contributed by atoms with Crippen LogP contribution in [0.4, 0.5) is 5.69 Å². The van der Waals surface area contributed by atoms with E-state index in [-0.39, 0.29) is 12.5 Å². The number of carbonyl (C=O) groups is 1. The molecule has 0 bridgehead atoms. The Morgan fingerprint density at radius 3 is 2.84 bits per heavy atom. The summed E-state index contributed by atoms with van der Waals surface area (Å²) < 4.78 is 10.8. The lowest BCUT2D eigenvalue weighted by Crippen LogP contribution is -2.30. The Bertz CT molecular complexity index is 855. The van der Waals surface area contributed by atoms with Crippen molar-refractivity contribution in [3.8, 4) is 11.7 Å². The van der Waals surface area contributed by atoms with Crippen LogP contribution in [0.15, 0.2) is 45.4 Å². The minimum atomic E-state index is -0.0954. The van der Waals surface area contributed by atoms with E-state index in [1.54, 1.807) is 23.3 Å². The monoisotopic (exact) mass is 340 g/mol. The number of anilines is 1. The standard InChI is InChI=1S/C18H20N4O3/c1-12-6-7-13(2)14(9-12)19-16(23)10-22(3)11-17-20-21-18(25-17)15-5-4-8-24-15/h4-9H,10-11H2,1-3H3,(H,19,23). The van der Waals surface area contributed by atoms with Crippen molar-refractivity contribution in [2.24, 2.45) is 0 Å². The van der Waals surface area contributed by atoms with Crippen LogP contribution in [0.3, 0.4) is 0 Å². The number of nitrogens with one attached hydrogen (secondary N) is 1. The second-order valence-electron chi connectivity index (χ2n) is 6.02. The third-order valence-electron chi connectivity index (χ3n) is 3.68. The lowest BCUT2D eigenvalue weighted by atomic mass is 10.1. The Balaban J connectivity index is 1.56. The van der Waals surface area contributed by atoms with Gasteiger partial charge in [0.05, 0.1) is 19.4 Å². The van der Waals surface area contributed by atoms with Gasteiger partial charge in [-0.3, -0.25) is 9.69 Å². The minimum Gasteiger partial charge on any atom is -0.459 e. The number of hydrogen-bond acceptors (Lipinski definition) is 6. The molecule has 0 saturated carbocycles. The topological polar surface area (TPSA) is 84.4 Å². The number of aromatic nitrogens is 2. The molecule has 0 atom stereocenters. The molecular formula is C18H20N4O3. The van der Waals surface area contributed by atoms with Crippen molar-refractivity contribution in [2.75, 3.05) is 18.9 Å². The van der Waals surface area contributed by atoms with Crippen LogP contribution in [-0.2, 0) is 11.3 Å². The van der Waals surface area contributed by atoms with Gasteiger partial charge in [0, 0.05) is 5.69 Å². The molecule has 1 N–H and O–H groups in total. The van der Waals surface area contributed by atoms with Gasteiger partial charge in [-0.2, -0.15) is 0 Å². The van der Waals surface area contributed by atoms with Crippen LogP contribution >= 0.6 is 0 Å². The fraction of sp³-hybridized carbons (Fsp3) is 0.278. The summed E-state index contributed by atoms with van der Waals surface area (Å²) in [5, 5.41) is 10.9. The SMILES string of the molecule is Cc1ccc(C)c(NC(=O)CN(C)Cc2nnc(-c3ccco3)o2)c1. The minimum absolute atomic E-state index is 0.0954. The van der Waals surface area contributed by atoms with E-state index in [2.05, 4.69) is 15.5 Å². The molecule has 0 saturated heterocycles. The van der Waals surface area contributed by atoms with Crippen molar-refractivity contribution in [2.45, 2.75) is 20.4 Å². The van der Waals surface area contributed by atoms with Gasteiger partial charge in [-0.05, 0) is 50.2 Å². The van der Waals surface area contributed by atoms with Crippen molar-refractivity contribution in [1.29, 1.82) is 0 Å². The molecule has 0 aliphatic heterocycles. The molecule has 3 aromatic rings. The maximum Gasteiger partial charge on any atom is 0.283 e. The number of carbonyl (C=O) groups excluding carboxylic acids is 1. The third-order valence-corrected chi connectivity index (χ3v) is 3.68. The van der Waals surface area contributed by atoms with Crippen LogP contribution in [0.5, 0.6) is 0 Å². The number of rotatable bonds is 6. The van der Waals surface area contributed by atoms with Gasteiger partial charge in [0.15, 0.2) is 5.76 Å². The molecule has 3 rings (SSSR count). The van der Waals surface area contributed by atoms with E-state index in [9.17, 15) is 4.79 Å². The zero-order chi connectivity index (χ0) is 17.8. The van der Waals surface area contributed by atoms with E-state index < -0.39 is 0 Å². The summed E-state index contributed by atoms with van der Waals surface area (Å²) in [4.78, 5) is 14.0. The van der Waals surface area contributed by atoms with Crippen molar-refractivity contribution >= 4 is 11.6 Å². The Labute approximate surface area is 145 Å². The second-order valence-corrected chi connectivity index (χ2v) is 6.02. The van der Waals surface area contributed by atoms with Crippen molar-refractivity contribution in [3.05, 3.63) is 53.6 Å². The summed E-state index contributed by atoms with van der Waals surface area (Å²) >= 11 is 0. The Kier molecular flexibility index (Phi) is 4.95. The summed E-state index contributed by atoms with van der Waals surface area (Å²) in [7, 11) is 1.82. The van der Waals surface area contributed by atoms with Crippen molar-refractivity contribution in [3.63, 3.8) is 0 Å². The van der Waals surface area contributed by atoms with Gasteiger partial charge in [0.2, 0.25) is 11.8 Å². The molecule has 130 valence electrons. The van der Waals surface area contributed by atoms with E-state index in [4.69, 9.17) is 8.83 Å². The van der Waals surface area contributed by atoms with Gasteiger partial charge in [-0.25, -0.2) is 0 Å². The molecule has 0 unspecified atom stereocenters. The molecule has 1 aromatic carbocycles. The van der Waals surface area contributed by atoms with Crippen LogP contribution in [0.2, 0.25) is 0 Å². The first kappa shape index (κ1) is 16.9. The summed E-state index contributed by atoms with van der Waals surface area (Å²) in [6, 6.07) is 9.47. The smallest absolute Gasteiger partial charge is 0.283 e. The molecule has 0 spiro atoms. The highest BCUT2D eigenvalue weighted by Crippen LogP contribution is 2.19. The predicted molar refractivity (Wildman–Crippen MR) is 92.9 cm³/mol. The number of furan rings is 1. The first-order valence-corrected chi connectivity index (χ1v) is 7.93. The van der Waals surface area contributed by atoms with Crippen LogP contribution in [0.25, 0.3) is 11.7 Å². The molecule has 0 fully saturated rings. The number of benzene rings is 1. The predicted octanol–water partition coefficient (Wildman–Crippen LogP) is 3.02. The van der Waals surface area contributed by atoms with E-state index in [1.165, 1.54) is 0 Å². The summed E-state index contributed by atoms with van der Waals surface area (Å²) in [5.74, 6) is 1.18. The van der Waals surface area contributed by atoms with Crippen molar-refractivity contribution in [1.82, 2.24) is 15.1 Å². The van der Waals surface area contributed by atoms with Gasteiger partial charge in [-0.1, -0.05) is 12.1 Å². The largest absolute Gasteiger partial charge is 0.459 e. The molecule has 7 heteroatoms. The summed E-state index contributed by atoms with van der Waals surface area (Å²) in [6.07, 6.45) is 1.54. The average Bonchev–Trinajstić information content (AvgIpc) is 3.21. The molecule has 7 nitrogen and oxygen atoms in total. The van der Waals surface area contributed by atoms with Gasteiger partial charge in [-0.15, -0.1) is 10.2 Å². The number of nitrogens with zero attached hydrogens (tertiary/aromatic N) is 3. The highest BCUT2D eigenvalue weighted by atomic mass is 16.4. The fourth-order valence-electron chi connectivity index (χ4n) is 2.41. The zero-order valence-electron chi connectivity index (χ0n) is 14.4. The van der Waals surface area contributed by atoms with Gasteiger partial charge < -0.3 is 14.2 Å². The summed E-state index contributed by atoms with van der Waals surface area (Å²) in [6.45, 7) is 4.54. The third kappa shape index (κ3) is 4.33. The molecule has 0 aliphatic carbocycles. The molecule has 1 amide bonds. The van der Waals surface area contributed by atoms with E-state index >= 15 is 0 Å². The lowest BCUT2D eigenvalue weighted by Gasteiger charge is -2.15. The number of hydrogen-bond donors (Lipinski definition) is 1. The second kappa shape index (κ2) is 7.31. The molecule has 2 heterocycles. The average molecular weight is 340 g/mol. The quantitative estimate of drug-likeness (QED) is 0.742. The van der Waals surface area contributed by atoms with E-state index in [1.807, 2.05) is 39.1 Å². The normalized spacial score (nSPS) is 11.0. The molecule has 2 aromatic heterocycles. The van der Waals surface area contributed by atoms with Crippen LogP contribution < -0.4 is 5.32 Å². The van der Waals surface area contributed by atoms with Crippen molar-refractivity contribution < 1.29 is 13.6 Å². The fourth-order valence-corrected chi connectivity index (χ4v) is 2.41. The van der Waals surface area contributed by atoms with Crippen LogP contribution in [0.1, 0.15) is 17.0 Å². The number of likely N-dealkylation sites (N-methyl/N-ethyl adjacent to an activating group) is 1.